The Morgan fingerprint density at radius 2 is 1.90 bits per heavy atom. The molecule has 0 fully saturated rings. The van der Waals surface area contributed by atoms with Crippen molar-refractivity contribution in [1.82, 2.24) is 4.98 Å². The van der Waals surface area contributed by atoms with Crippen molar-refractivity contribution in [2.24, 2.45) is 0 Å². The molecule has 0 amide bonds. The Morgan fingerprint density at radius 1 is 1.15 bits per heavy atom. The first kappa shape index (κ1) is 14.1. The number of methoxy groups -OCH3 is 1. The van der Waals surface area contributed by atoms with E-state index in [1.165, 1.54) is 0 Å². The summed E-state index contributed by atoms with van der Waals surface area (Å²) in [6, 6.07) is 10.8. The van der Waals surface area contributed by atoms with Gasteiger partial charge in [0, 0.05) is 0 Å². The standard InChI is InChI=1S/C13H15N3O3S/c1-19-12-6-4-3-5-11(12)15-10-7-8-13(14-9-10)16-20(2,17)18/h3-9,15H,1-2H3,(H,14,16). The summed E-state index contributed by atoms with van der Waals surface area (Å²) < 4.78 is 29.7. The summed E-state index contributed by atoms with van der Waals surface area (Å²) in [6.07, 6.45) is 2.62. The van der Waals surface area contributed by atoms with Crippen LogP contribution in [0.3, 0.4) is 0 Å². The lowest BCUT2D eigenvalue weighted by Gasteiger charge is -2.11. The molecule has 7 heteroatoms. The van der Waals surface area contributed by atoms with E-state index in [9.17, 15) is 8.42 Å². The molecule has 6 nitrogen and oxygen atoms in total. The predicted octanol–water partition coefficient (Wildman–Crippen LogP) is 2.21. The maximum Gasteiger partial charge on any atom is 0.230 e. The Bertz CT molecular complexity index is 684. The van der Waals surface area contributed by atoms with Gasteiger partial charge in [-0.2, -0.15) is 0 Å². The number of sulfonamides is 1. The van der Waals surface area contributed by atoms with E-state index in [2.05, 4.69) is 15.0 Å². The van der Waals surface area contributed by atoms with Crippen LogP contribution in [0.25, 0.3) is 0 Å². The van der Waals surface area contributed by atoms with Gasteiger partial charge in [0.2, 0.25) is 10.0 Å². The molecule has 0 aliphatic rings. The first-order valence-electron chi connectivity index (χ1n) is 5.82. The van der Waals surface area contributed by atoms with Gasteiger partial charge in [-0.15, -0.1) is 0 Å². The molecule has 0 saturated carbocycles. The molecule has 106 valence electrons. The smallest absolute Gasteiger partial charge is 0.230 e. The SMILES string of the molecule is COc1ccccc1Nc1ccc(NS(C)(=O)=O)nc1. The molecule has 0 spiro atoms. The van der Waals surface area contributed by atoms with Crippen LogP contribution in [0, 0.1) is 0 Å². The number of nitrogens with zero attached hydrogens (tertiary/aromatic N) is 1. The molecule has 0 saturated heterocycles. The van der Waals surface area contributed by atoms with Gasteiger partial charge in [0.1, 0.15) is 11.6 Å². The third-order valence-corrected chi connectivity index (χ3v) is 3.02. The molecule has 20 heavy (non-hydrogen) atoms. The van der Waals surface area contributed by atoms with Crippen LogP contribution in [0.4, 0.5) is 17.2 Å². The van der Waals surface area contributed by atoms with Gasteiger partial charge < -0.3 is 10.1 Å². The highest BCUT2D eigenvalue weighted by Gasteiger charge is 2.04. The van der Waals surface area contributed by atoms with Gasteiger partial charge in [-0.1, -0.05) is 12.1 Å². The molecular formula is C13H15N3O3S. The van der Waals surface area contributed by atoms with Gasteiger partial charge in [0.25, 0.3) is 0 Å². The average Bonchev–Trinajstić information content (AvgIpc) is 2.40. The van der Waals surface area contributed by atoms with Gasteiger partial charge >= 0.3 is 0 Å². The third-order valence-electron chi connectivity index (χ3n) is 2.44. The molecule has 2 rings (SSSR count). The number of rotatable bonds is 5. The van der Waals surface area contributed by atoms with Gasteiger partial charge in [-0.3, -0.25) is 4.72 Å². The fourth-order valence-corrected chi connectivity index (χ4v) is 2.12. The lowest BCUT2D eigenvalue weighted by Crippen LogP contribution is -2.10. The van der Waals surface area contributed by atoms with Crippen molar-refractivity contribution in [1.29, 1.82) is 0 Å². The van der Waals surface area contributed by atoms with Gasteiger partial charge in [0.15, 0.2) is 0 Å². The molecule has 2 aromatic rings. The Hall–Kier alpha value is -2.28. The molecule has 1 aromatic heterocycles. The minimum Gasteiger partial charge on any atom is -0.495 e. The van der Waals surface area contributed by atoms with Crippen molar-refractivity contribution in [3.05, 3.63) is 42.6 Å². The van der Waals surface area contributed by atoms with Crippen LogP contribution in [0.5, 0.6) is 5.75 Å². The second-order valence-corrected chi connectivity index (χ2v) is 5.88. The van der Waals surface area contributed by atoms with Crippen LogP contribution in [-0.2, 0) is 10.0 Å². The van der Waals surface area contributed by atoms with Crippen LogP contribution in [0.15, 0.2) is 42.6 Å². The number of aromatic nitrogens is 1. The topological polar surface area (TPSA) is 80.3 Å². The number of hydrogen-bond acceptors (Lipinski definition) is 5. The van der Waals surface area contributed by atoms with Gasteiger partial charge in [-0.05, 0) is 24.3 Å². The minimum atomic E-state index is -3.31. The number of para-hydroxylation sites is 2. The number of nitrogens with one attached hydrogen (secondary N) is 2. The van der Waals surface area contributed by atoms with Crippen LogP contribution >= 0.6 is 0 Å². The van der Waals surface area contributed by atoms with Gasteiger partial charge in [0.05, 0.1) is 30.9 Å². The molecular weight excluding hydrogens is 278 g/mol. The van der Waals surface area contributed by atoms with Crippen molar-refractivity contribution in [3.63, 3.8) is 0 Å². The summed E-state index contributed by atoms with van der Waals surface area (Å²) >= 11 is 0. The lowest BCUT2D eigenvalue weighted by molar-refractivity contribution is 0.417. The molecule has 0 bridgehead atoms. The maximum absolute atomic E-state index is 11.1. The summed E-state index contributed by atoms with van der Waals surface area (Å²) in [5.74, 6) is 0.990. The number of benzene rings is 1. The fourth-order valence-electron chi connectivity index (χ4n) is 1.62. The largest absolute Gasteiger partial charge is 0.495 e. The monoisotopic (exact) mass is 293 g/mol. The lowest BCUT2D eigenvalue weighted by atomic mass is 10.3. The molecule has 0 radical (unpaired) electrons. The highest BCUT2D eigenvalue weighted by atomic mass is 32.2. The van der Waals surface area contributed by atoms with Crippen molar-refractivity contribution in [2.45, 2.75) is 0 Å². The summed E-state index contributed by atoms with van der Waals surface area (Å²) in [6.45, 7) is 0. The predicted molar refractivity (Wildman–Crippen MR) is 79.0 cm³/mol. The number of pyridine rings is 1. The van der Waals surface area contributed by atoms with E-state index in [0.717, 1.165) is 17.6 Å². The summed E-state index contributed by atoms with van der Waals surface area (Å²) in [7, 11) is -1.72. The molecule has 0 unspecified atom stereocenters. The van der Waals surface area contributed by atoms with Crippen LogP contribution in [0.2, 0.25) is 0 Å². The van der Waals surface area contributed by atoms with E-state index in [0.29, 0.717) is 5.75 Å². The molecule has 0 atom stereocenters. The minimum absolute atomic E-state index is 0.276. The van der Waals surface area contributed by atoms with Gasteiger partial charge in [-0.25, -0.2) is 13.4 Å². The summed E-state index contributed by atoms with van der Waals surface area (Å²) in [5, 5.41) is 3.15. The molecule has 0 aliphatic heterocycles. The van der Waals surface area contributed by atoms with E-state index in [1.54, 1.807) is 25.4 Å². The van der Waals surface area contributed by atoms with Crippen molar-refractivity contribution in [2.75, 3.05) is 23.4 Å². The first-order valence-corrected chi connectivity index (χ1v) is 7.71. The number of anilines is 3. The quantitative estimate of drug-likeness (QED) is 0.883. The second-order valence-electron chi connectivity index (χ2n) is 4.13. The second kappa shape index (κ2) is 5.79. The summed E-state index contributed by atoms with van der Waals surface area (Å²) in [4.78, 5) is 4.02. The highest BCUT2D eigenvalue weighted by Crippen LogP contribution is 2.26. The first-order chi connectivity index (χ1) is 9.48. The van der Waals surface area contributed by atoms with Crippen molar-refractivity contribution < 1.29 is 13.2 Å². The Kier molecular flexibility index (Phi) is 4.09. The normalized spacial score (nSPS) is 10.9. The van der Waals surface area contributed by atoms with Crippen LogP contribution < -0.4 is 14.8 Å². The molecule has 1 heterocycles. The van der Waals surface area contributed by atoms with E-state index in [4.69, 9.17) is 4.74 Å². The Morgan fingerprint density at radius 3 is 2.50 bits per heavy atom. The molecule has 0 aliphatic carbocycles. The van der Waals surface area contributed by atoms with Crippen molar-refractivity contribution >= 4 is 27.2 Å². The molecule has 1 aromatic carbocycles. The Balaban J connectivity index is 2.15. The fraction of sp³-hybridized carbons (Fsp3) is 0.154. The zero-order valence-electron chi connectivity index (χ0n) is 11.1. The Labute approximate surface area is 117 Å². The van der Waals surface area contributed by atoms with E-state index >= 15 is 0 Å². The van der Waals surface area contributed by atoms with E-state index in [-0.39, 0.29) is 5.82 Å². The maximum atomic E-state index is 11.1. The number of ether oxygens (including phenoxy) is 1. The van der Waals surface area contributed by atoms with E-state index in [1.807, 2.05) is 24.3 Å². The average molecular weight is 293 g/mol. The summed E-state index contributed by atoms with van der Waals surface area (Å²) in [5.41, 5.74) is 1.54. The molecule has 2 N–H and O–H groups in total. The third kappa shape index (κ3) is 3.86. The number of hydrogen-bond donors (Lipinski definition) is 2. The zero-order valence-corrected chi connectivity index (χ0v) is 11.9. The van der Waals surface area contributed by atoms with Crippen molar-refractivity contribution in [3.8, 4) is 5.75 Å². The highest BCUT2D eigenvalue weighted by molar-refractivity contribution is 7.92. The van der Waals surface area contributed by atoms with Crippen LogP contribution in [0.1, 0.15) is 0 Å². The van der Waals surface area contributed by atoms with Crippen LogP contribution in [-0.4, -0.2) is 26.8 Å². The van der Waals surface area contributed by atoms with E-state index < -0.39 is 10.0 Å². The zero-order chi connectivity index (χ0) is 14.6.